The lowest BCUT2D eigenvalue weighted by Crippen LogP contribution is -2.32. The highest BCUT2D eigenvalue weighted by Gasteiger charge is 2.52. The lowest BCUT2D eigenvalue weighted by Gasteiger charge is -2.40. The van der Waals surface area contributed by atoms with Crippen molar-refractivity contribution in [3.8, 4) is 44.9 Å². The van der Waals surface area contributed by atoms with Crippen LogP contribution in [0.1, 0.15) is 47.2 Å². The number of hydrogen-bond donors (Lipinski definition) is 0. The van der Waals surface area contributed by atoms with Crippen LogP contribution in [0.15, 0.2) is 224 Å². The van der Waals surface area contributed by atoms with Crippen LogP contribution in [0.5, 0.6) is 11.5 Å². The standard InChI is InChI=1S/C66H43NOS/c1-65(2)55-20-10-7-18-50(55)53-38-45(30-35-56(53)65)67(46-31-36-62-54(39-46)52-19-9-12-22-61(52)69-62)44-28-23-40(24-29-44)43-25-32-51-49-17-8-11-21-57(49)66(60(51)37-43)58-33-26-41-13-3-5-15-47(41)63(58)68-64-48-16-6-4-14-42(48)27-34-59(64)66/h3-39H,1-2H3. The molecule has 0 atom stereocenters. The maximum absolute atomic E-state index is 7.23. The van der Waals surface area contributed by atoms with Crippen molar-refractivity contribution in [3.05, 3.63) is 258 Å². The molecule has 0 saturated carbocycles. The van der Waals surface area contributed by atoms with Gasteiger partial charge in [-0.2, -0.15) is 0 Å². The summed E-state index contributed by atoms with van der Waals surface area (Å²) in [5, 5.41) is 7.17. The third-order valence-corrected chi connectivity index (χ3v) is 16.9. The van der Waals surface area contributed by atoms with Gasteiger partial charge in [0.1, 0.15) is 11.5 Å². The normalized spacial score (nSPS) is 14.3. The van der Waals surface area contributed by atoms with E-state index in [1.807, 2.05) is 11.3 Å². The second-order valence-corrected chi connectivity index (χ2v) is 20.6. The zero-order chi connectivity index (χ0) is 45.6. The first kappa shape index (κ1) is 38.8. The Balaban J connectivity index is 0.915. The molecule has 0 amide bonds. The highest BCUT2D eigenvalue weighted by Crippen LogP contribution is 2.64. The fourth-order valence-corrected chi connectivity index (χ4v) is 13.6. The van der Waals surface area contributed by atoms with Crippen molar-refractivity contribution in [1.82, 2.24) is 0 Å². The molecule has 0 radical (unpaired) electrons. The maximum Gasteiger partial charge on any atom is 0.140 e. The fraction of sp³-hybridized carbons (Fsp3) is 0.0606. The van der Waals surface area contributed by atoms with Gasteiger partial charge in [-0.15, -0.1) is 11.3 Å². The number of anilines is 3. The van der Waals surface area contributed by atoms with Gasteiger partial charge in [0.2, 0.25) is 0 Å². The van der Waals surface area contributed by atoms with Crippen molar-refractivity contribution in [3.63, 3.8) is 0 Å². The summed E-state index contributed by atoms with van der Waals surface area (Å²) < 4.78 is 9.84. The zero-order valence-electron chi connectivity index (χ0n) is 38.1. The van der Waals surface area contributed by atoms with E-state index in [4.69, 9.17) is 4.74 Å². The summed E-state index contributed by atoms with van der Waals surface area (Å²) in [7, 11) is 0. The molecular weight excluding hydrogens is 855 g/mol. The Hall–Kier alpha value is -8.24. The van der Waals surface area contributed by atoms with E-state index in [1.54, 1.807) is 0 Å². The predicted molar refractivity (Wildman–Crippen MR) is 289 cm³/mol. The van der Waals surface area contributed by atoms with Crippen LogP contribution in [0, 0.1) is 0 Å². The van der Waals surface area contributed by atoms with E-state index < -0.39 is 5.41 Å². The summed E-state index contributed by atoms with van der Waals surface area (Å²) in [5.41, 5.74) is 17.9. The molecular formula is C66H43NOS. The van der Waals surface area contributed by atoms with Gasteiger partial charge in [-0.3, -0.25) is 0 Å². The monoisotopic (exact) mass is 897 g/mol. The fourth-order valence-electron chi connectivity index (χ4n) is 12.5. The number of nitrogens with zero attached hydrogens (tertiary/aromatic N) is 1. The first-order valence-corrected chi connectivity index (χ1v) is 24.8. The number of thiophene rings is 1. The molecule has 3 heteroatoms. The molecule has 11 aromatic carbocycles. The first-order chi connectivity index (χ1) is 33.9. The van der Waals surface area contributed by atoms with Gasteiger partial charge >= 0.3 is 0 Å². The Morgan fingerprint density at radius 3 is 1.61 bits per heavy atom. The molecule has 12 aromatic rings. The van der Waals surface area contributed by atoms with Gasteiger partial charge in [-0.1, -0.05) is 184 Å². The molecule has 324 valence electrons. The van der Waals surface area contributed by atoms with E-state index in [0.717, 1.165) is 39.3 Å². The maximum atomic E-state index is 7.23. The Labute approximate surface area is 405 Å². The van der Waals surface area contributed by atoms with E-state index in [0.29, 0.717) is 0 Å². The molecule has 0 saturated heterocycles. The summed E-state index contributed by atoms with van der Waals surface area (Å²) in [6.07, 6.45) is 0. The van der Waals surface area contributed by atoms with E-state index in [1.165, 1.54) is 97.7 Å². The Morgan fingerprint density at radius 2 is 0.870 bits per heavy atom. The minimum Gasteiger partial charge on any atom is -0.455 e. The van der Waals surface area contributed by atoms with Gasteiger partial charge in [-0.05, 0) is 121 Å². The molecule has 3 aliphatic rings. The molecule has 2 nitrogen and oxygen atoms in total. The van der Waals surface area contributed by atoms with Gasteiger partial charge in [0.05, 0.1) is 5.41 Å². The summed E-state index contributed by atoms with van der Waals surface area (Å²) in [5.74, 6) is 1.86. The van der Waals surface area contributed by atoms with Crippen molar-refractivity contribution in [1.29, 1.82) is 0 Å². The average Bonchev–Trinajstić information content (AvgIpc) is 3.99. The van der Waals surface area contributed by atoms with E-state index >= 15 is 0 Å². The van der Waals surface area contributed by atoms with Gasteiger partial charge in [0.25, 0.3) is 0 Å². The highest BCUT2D eigenvalue weighted by atomic mass is 32.1. The quantitative estimate of drug-likeness (QED) is 0.175. The lowest BCUT2D eigenvalue weighted by atomic mass is 9.65. The predicted octanol–water partition coefficient (Wildman–Crippen LogP) is 18.3. The van der Waals surface area contributed by atoms with Crippen molar-refractivity contribution in [2.45, 2.75) is 24.7 Å². The van der Waals surface area contributed by atoms with Crippen LogP contribution in [-0.4, -0.2) is 0 Å². The van der Waals surface area contributed by atoms with E-state index in [-0.39, 0.29) is 5.41 Å². The Kier molecular flexibility index (Phi) is 7.96. The number of benzene rings is 11. The lowest BCUT2D eigenvalue weighted by molar-refractivity contribution is 0.447. The van der Waals surface area contributed by atoms with Gasteiger partial charge < -0.3 is 9.64 Å². The van der Waals surface area contributed by atoms with Crippen LogP contribution in [0.3, 0.4) is 0 Å². The van der Waals surface area contributed by atoms with Crippen molar-refractivity contribution < 1.29 is 4.74 Å². The molecule has 69 heavy (non-hydrogen) atoms. The van der Waals surface area contributed by atoms with Gasteiger partial charge in [0.15, 0.2) is 0 Å². The molecule has 2 heterocycles. The van der Waals surface area contributed by atoms with Crippen molar-refractivity contribution in [2.24, 2.45) is 0 Å². The molecule has 0 N–H and O–H groups in total. The zero-order valence-corrected chi connectivity index (χ0v) is 38.9. The van der Waals surface area contributed by atoms with Gasteiger partial charge in [0, 0.05) is 64.5 Å². The van der Waals surface area contributed by atoms with Crippen LogP contribution in [0.25, 0.3) is 75.1 Å². The number of ether oxygens (including phenoxy) is 1. The number of rotatable bonds is 4. The Bertz CT molecular complexity index is 4070. The largest absolute Gasteiger partial charge is 0.455 e. The second kappa shape index (κ2) is 14.1. The van der Waals surface area contributed by atoms with Crippen molar-refractivity contribution >= 4 is 70.1 Å². The van der Waals surface area contributed by atoms with Gasteiger partial charge in [-0.25, -0.2) is 0 Å². The third kappa shape index (κ3) is 5.31. The van der Waals surface area contributed by atoms with Crippen LogP contribution >= 0.6 is 11.3 Å². The first-order valence-electron chi connectivity index (χ1n) is 24.0. The smallest absolute Gasteiger partial charge is 0.140 e. The van der Waals surface area contributed by atoms with Crippen LogP contribution in [-0.2, 0) is 10.8 Å². The molecule has 0 unspecified atom stereocenters. The number of hydrogen-bond acceptors (Lipinski definition) is 3. The summed E-state index contributed by atoms with van der Waals surface area (Å²) in [6, 6.07) is 83.7. The minimum atomic E-state index is -0.610. The molecule has 2 aliphatic carbocycles. The molecule has 15 rings (SSSR count). The van der Waals surface area contributed by atoms with Crippen LogP contribution < -0.4 is 9.64 Å². The SMILES string of the molecule is CC1(C)c2ccccc2-c2cc(N(c3ccc(-c4ccc5c(c4)C4(c6ccccc6-5)c5ccc6ccccc6c5Oc5c4ccc4ccccc54)cc3)c3ccc4sc5ccccc5c4c3)ccc21. The molecule has 0 bridgehead atoms. The molecule has 1 aliphatic heterocycles. The molecule has 0 fully saturated rings. The summed E-state index contributed by atoms with van der Waals surface area (Å²) in [6.45, 7) is 4.71. The van der Waals surface area contributed by atoms with E-state index in [9.17, 15) is 0 Å². The van der Waals surface area contributed by atoms with E-state index in [2.05, 4.69) is 243 Å². The summed E-state index contributed by atoms with van der Waals surface area (Å²) in [4.78, 5) is 2.45. The summed E-state index contributed by atoms with van der Waals surface area (Å²) >= 11 is 1.86. The molecule has 1 aromatic heterocycles. The van der Waals surface area contributed by atoms with Crippen molar-refractivity contribution in [2.75, 3.05) is 4.90 Å². The topological polar surface area (TPSA) is 12.5 Å². The second-order valence-electron chi connectivity index (χ2n) is 19.5. The Morgan fingerprint density at radius 1 is 0.348 bits per heavy atom. The van der Waals surface area contributed by atoms with Crippen LogP contribution in [0.4, 0.5) is 17.1 Å². The minimum absolute atomic E-state index is 0.0718. The third-order valence-electron chi connectivity index (χ3n) is 15.7. The molecule has 1 spiro atoms. The highest BCUT2D eigenvalue weighted by molar-refractivity contribution is 7.25. The van der Waals surface area contributed by atoms with Crippen LogP contribution in [0.2, 0.25) is 0 Å². The number of fused-ring (bicyclic) bond motifs is 19. The average molecular weight is 898 g/mol.